The van der Waals surface area contributed by atoms with Gasteiger partial charge in [0.15, 0.2) is 0 Å². The number of hydrogen-bond donors (Lipinski definition) is 2. The highest BCUT2D eigenvalue weighted by Gasteiger charge is 2.61. The molecule has 0 aromatic carbocycles. The lowest BCUT2D eigenvalue weighted by atomic mass is 9.43. The van der Waals surface area contributed by atoms with Crippen LogP contribution in [0.25, 0.3) is 0 Å². The molecule has 1 saturated carbocycles. The number of aliphatic hydroxyl groups is 1. The van der Waals surface area contributed by atoms with Crippen LogP contribution in [-0.4, -0.2) is 21.6 Å². The Kier molecular flexibility index (Phi) is 7.43. The molecule has 0 aliphatic heterocycles. The van der Waals surface area contributed by atoms with Crippen molar-refractivity contribution in [3.05, 3.63) is 12.2 Å². The SMILES string of the molecule is C#C[C@](O)(CC)C1(CC)CC[C@@H]2C(C)CCC(=N\O)/C=C/CCC2(C)[C@@H]1CC. The molecular weight excluding hydrogens is 346 g/mol. The molecule has 1 fully saturated rings. The highest BCUT2D eigenvalue weighted by molar-refractivity contribution is 5.94. The van der Waals surface area contributed by atoms with Crippen LogP contribution in [-0.2, 0) is 0 Å². The zero-order valence-corrected chi connectivity index (χ0v) is 18.7. The van der Waals surface area contributed by atoms with Gasteiger partial charge < -0.3 is 10.3 Å². The molecule has 3 unspecified atom stereocenters. The van der Waals surface area contributed by atoms with Gasteiger partial charge >= 0.3 is 0 Å². The molecule has 2 N–H and O–H groups in total. The van der Waals surface area contributed by atoms with Crippen molar-refractivity contribution in [2.24, 2.45) is 33.7 Å². The van der Waals surface area contributed by atoms with E-state index in [-0.39, 0.29) is 10.8 Å². The molecule has 2 aliphatic carbocycles. The summed E-state index contributed by atoms with van der Waals surface area (Å²) in [5, 5.41) is 24.3. The molecule has 0 saturated heterocycles. The van der Waals surface area contributed by atoms with Gasteiger partial charge in [0.05, 0.1) is 5.71 Å². The number of nitrogens with zero attached hydrogens (tertiary/aromatic N) is 1. The minimum atomic E-state index is -1.04. The summed E-state index contributed by atoms with van der Waals surface area (Å²) in [6, 6.07) is 0. The summed E-state index contributed by atoms with van der Waals surface area (Å²) in [5.74, 6) is 4.39. The quantitative estimate of drug-likeness (QED) is 0.343. The molecule has 0 amide bonds. The third-order valence-electron chi connectivity index (χ3n) is 8.66. The van der Waals surface area contributed by atoms with E-state index in [1.165, 1.54) is 0 Å². The normalized spacial score (nSPS) is 41.5. The van der Waals surface area contributed by atoms with Crippen LogP contribution in [0, 0.1) is 40.9 Å². The highest BCUT2D eigenvalue weighted by atomic mass is 16.4. The predicted octanol–water partition coefficient (Wildman–Crippen LogP) is 6.20. The minimum absolute atomic E-state index is 0.140. The van der Waals surface area contributed by atoms with Gasteiger partial charge in [-0.15, -0.1) is 6.42 Å². The molecule has 0 bridgehead atoms. The number of terminal acetylenes is 1. The number of allylic oxidation sites excluding steroid dienone is 2. The number of fused-ring (bicyclic) bond motifs is 1. The molecule has 3 heteroatoms. The van der Waals surface area contributed by atoms with Crippen molar-refractivity contribution in [3.63, 3.8) is 0 Å². The van der Waals surface area contributed by atoms with E-state index >= 15 is 0 Å². The van der Waals surface area contributed by atoms with Crippen LogP contribution < -0.4 is 0 Å². The molecule has 6 atom stereocenters. The average Bonchev–Trinajstić information content (AvgIpc) is 2.71. The second-order valence-electron chi connectivity index (χ2n) is 9.53. The van der Waals surface area contributed by atoms with E-state index in [0.717, 1.165) is 57.1 Å². The van der Waals surface area contributed by atoms with E-state index < -0.39 is 5.60 Å². The average molecular weight is 388 g/mol. The fourth-order valence-electron chi connectivity index (χ4n) is 7.12. The molecule has 0 radical (unpaired) electrons. The van der Waals surface area contributed by atoms with Crippen molar-refractivity contribution in [1.29, 1.82) is 0 Å². The molecule has 0 heterocycles. The van der Waals surface area contributed by atoms with Gasteiger partial charge in [-0.2, -0.15) is 0 Å². The van der Waals surface area contributed by atoms with Gasteiger partial charge in [0, 0.05) is 5.41 Å². The fourth-order valence-corrected chi connectivity index (χ4v) is 7.12. The van der Waals surface area contributed by atoms with Crippen LogP contribution in [0.1, 0.15) is 92.4 Å². The van der Waals surface area contributed by atoms with Gasteiger partial charge in [-0.05, 0) is 80.6 Å². The van der Waals surface area contributed by atoms with Crippen molar-refractivity contribution >= 4 is 5.71 Å². The fraction of sp³-hybridized carbons (Fsp3) is 0.800. The Balaban J connectivity index is 2.54. The summed E-state index contributed by atoms with van der Waals surface area (Å²) in [6.45, 7) is 11.4. The van der Waals surface area contributed by atoms with Gasteiger partial charge in [0.2, 0.25) is 0 Å². The van der Waals surface area contributed by atoms with Crippen molar-refractivity contribution in [2.75, 3.05) is 0 Å². The van der Waals surface area contributed by atoms with Crippen LogP contribution >= 0.6 is 0 Å². The first-order valence-corrected chi connectivity index (χ1v) is 11.4. The van der Waals surface area contributed by atoms with Gasteiger partial charge in [0.1, 0.15) is 5.60 Å². The Hall–Kier alpha value is -1.27. The van der Waals surface area contributed by atoms with Gasteiger partial charge in [0.25, 0.3) is 0 Å². The smallest absolute Gasteiger partial charge is 0.130 e. The van der Waals surface area contributed by atoms with Gasteiger partial charge in [-0.3, -0.25) is 0 Å². The second kappa shape index (κ2) is 9.04. The largest absolute Gasteiger partial charge is 0.411 e. The Labute approximate surface area is 172 Å². The topological polar surface area (TPSA) is 52.8 Å². The van der Waals surface area contributed by atoms with Crippen LogP contribution in [0.15, 0.2) is 17.3 Å². The van der Waals surface area contributed by atoms with E-state index in [4.69, 9.17) is 6.42 Å². The summed E-state index contributed by atoms with van der Waals surface area (Å²) in [5.41, 5.74) is -0.335. The van der Waals surface area contributed by atoms with Gasteiger partial charge in [-0.25, -0.2) is 0 Å². The molecule has 2 rings (SSSR count). The molecule has 28 heavy (non-hydrogen) atoms. The number of oxime groups is 1. The molecule has 2 aliphatic rings. The molecule has 158 valence electrons. The van der Waals surface area contributed by atoms with E-state index in [2.05, 4.69) is 44.8 Å². The molecule has 3 nitrogen and oxygen atoms in total. The summed E-state index contributed by atoms with van der Waals surface area (Å²) in [6.07, 6.45) is 18.7. The van der Waals surface area contributed by atoms with Crippen LogP contribution in [0.2, 0.25) is 0 Å². The molecular formula is C25H41NO2. The summed E-state index contributed by atoms with van der Waals surface area (Å²) >= 11 is 0. The lowest BCUT2D eigenvalue weighted by Crippen LogP contribution is -2.60. The van der Waals surface area contributed by atoms with Crippen LogP contribution in [0.4, 0.5) is 0 Å². The van der Waals surface area contributed by atoms with Crippen molar-refractivity contribution in [3.8, 4) is 12.3 Å². The standard InChI is InChI=1S/C25H41NO2/c1-7-22-23(6)17-12-11-13-20(26-28)15-14-19(5)21(23)16-18-24(22,8-2)25(27,9-3)10-4/h3,11,13,19,21-22,27-28H,7-8,10,12,14-18H2,1-2,4-6H3/b13-11+,26-20-/t19?,21-,22+,23?,24?,25+/m1/s1. The van der Waals surface area contributed by atoms with Crippen LogP contribution in [0.3, 0.4) is 0 Å². The monoisotopic (exact) mass is 387 g/mol. The summed E-state index contributed by atoms with van der Waals surface area (Å²) in [7, 11) is 0. The Morgan fingerprint density at radius 3 is 2.54 bits per heavy atom. The third-order valence-corrected chi connectivity index (χ3v) is 8.66. The maximum Gasteiger partial charge on any atom is 0.130 e. The number of rotatable bonds is 4. The van der Waals surface area contributed by atoms with Crippen molar-refractivity contribution in [1.82, 2.24) is 0 Å². The first-order chi connectivity index (χ1) is 13.3. The van der Waals surface area contributed by atoms with E-state index in [1.54, 1.807) is 0 Å². The zero-order valence-electron chi connectivity index (χ0n) is 18.7. The van der Waals surface area contributed by atoms with Gasteiger partial charge in [-0.1, -0.05) is 58.2 Å². The third kappa shape index (κ3) is 3.65. The maximum absolute atomic E-state index is 11.6. The Bertz CT molecular complexity index is 633. The maximum atomic E-state index is 11.6. The first kappa shape index (κ1) is 23.0. The predicted molar refractivity (Wildman–Crippen MR) is 117 cm³/mol. The van der Waals surface area contributed by atoms with E-state index in [1.807, 2.05) is 13.0 Å². The zero-order chi connectivity index (χ0) is 21.0. The summed E-state index contributed by atoms with van der Waals surface area (Å²) in [4.78, 5) is 0. The Morgan fingerprint density at radius 2 is 2.00 bits per heavy atom. The van der Waals surface area contributed by atoms with Crippen LogP contribution in [0.5, 0.6) is 0 Å². The first-order valence-electron chi connectivity index (χ1n) is 11.4. The Morgan fingerprint density at radius 1 is 1.29 bits per heavy atom. The van der Waals surface area contributed by atoms with E-state index in [9.17, 15) is 10.3 Å². The van der Waals surface area contributed by atoms with Crippen molar-refractivity contribution in [2.45, 2.75) is 98.0 Å². The minimum Gasteiger partial charge on any atom is -0.411 e. The second-order valence-corrected chi connectivity index (χ2v) is 9.53. The van der Waals surface area contributed by atoms with Crippen molar-refractivity contribution < 1.29 is 10.3 Å². The molecule has 0 aromatic rings. The lowest BCUT2D eigenvalue weighted by molar-refractivity contribution is -0.173. The van der Waals surface area contributed by atoms with E-state index in [0.29, 0.717) is 24.2 Å². The highest BCUT2D eigenvalue weighted by Crippen LogP contribution is 2.64. The molecule has 0 spiro atoms. The number of hydrogen-bond acceptors (Lipinski definition) is 3. The lowest BCUT2D eigenvalue weighted by Gasteiger charge is -2.62. The molecule has 0 aromatic heterocycles. The summed E-state index contributed by atoms with van der Waals surface area (Å²) < 4.78 is 0.